The van der Waals surface area contributed by atoms with Gasteiger partial charge in [-0.1, -0.05) is 19.0 Å². The first kappa shape index (κ1) is 17.9. The van der Waals surface area contributed by atoms with E-state index in [1.807, 2.05) is 6.92 Å². The number of nitrogens with zero attached hydrogens (tertiary/aromatic N) is 1. The van der Waals surface area contributed by atoms with Crippen molar-refractivity contribution < 1.29 is 14.8 Å². The summed E-state index contributed by atoms with van der Waals surface area (Å²) >= 11 is 0. The summed E-state index contributed by atoms with van der Waals surface area (Å²) in [5, 5.41) is 12.5. The van der Waals surface area contributed by atoms with E-state index in [2.05, 4.69) is 19.0 Å². The molecule has 0 amide bonds. The maximum Gasteiger partial charge on any atom is 0.159 e. The van der Waals surface area contributed by atoms with E-state index in [9.17, 15) is 9.59 Å². The topological polar surface area (TPSA) is 66.7 Å². The number of ketones is 2. The van der Waals surface area contributed by atoms with Crippen molar-refractivity contribution in [2.24, 2.45) is 39.7 Å². The van der Waals surface area contributed by atoms with Gasteiger partial charge in [0.15, 0.2) is 11.6 Å². The highest BCUT2D eigenvalue weighted by Gasteiger charge is 2.60. The van der Waals surface area contributed by atoms with Crippen molar-refractivity contribution in [2.75, 3.05) is 0 Å². The quantitative estimate of drug-likeness (QED) is 0.448. The molecule has 0 aromatic rings. The van der Waals surface area contributed by atoms with E-state index in [-0.39, 0.29) is 22.4 Å². The molecule has 4 aliphatic carbocycles. The average molecular weight is 357 g/mol. The number of hydrogen-bond donors (Lipinski definition) is 1. The molecule has 6 atom stereocenters. The van der Waals surface area contributed by atoms with Gasteiger partial charge in [-0.05, 0) is 86.0 Å². The molecule has 3 fully saturated rings. The highest BCUT2D eigenvalue weighted by atomic mass is 16.4. The standard InChI is InChI=1S/C22H31NO3/c1-13(23-26)10-14-4-5-17-16-12-20(25)19-11-15(24)6-8-22(19,3)18(16)7-9-21(14,17)2/h11,14,16-18,26H,4-10,12H2,1-3H3/b23-13-/t14-,16+,17+,18+,21-,22-/m1/s1. The molecule has 4 nitrogen and oxygen atoms in total. The third-order valence-corrected chi connectivity index (χ3v) is 8.70. The van der Waals surface area contributed by atoms with Gasteiger partial charge in [0.2, 0.25) is 0 Å². The zero-order chi connectivity index (χ0) is 18.7. The molecule has 0 aromatic carbocycles. The molecule has 0 unspecified atom stereocenters. The lowest BCUT2D eigenvalue weighted by atomic mass is 9.46. The first-order valence-electron chi connectivity index (χ1n) is 10.3. The molecule has 0 radical (unpaired) electrons. The molecule has 0 bridgehead atoms. The summed E-state index contributed by atoms with van der Waals surface area (Å²) in [4.78, 5) is 24.9. The van der Waals surface area contributed by atoms with Crippen LogP contribution in [0.4, 0.5) is 0 Å². The average Bonchev–Trinajstić information content (AvgIpc) is 2.93. The monoisotopic (exact) mass is 357 g/mol. The van der Waals surface area contributed by atoms with Crippen molar-refractivity contribution in [3.8, 4) is 0 Å². The van der Waals surface area contributed by atoms with Crippen LogP contribution in [0.25, 0.3) is 0 Å². The normalized spacial score (nSPS) is 45.7. The second-order valence-corrected chi connectivity index (χ2v) is 9.80. The van der Waals surface area contributed by atoms with Crippen LogP contribution in [0.2, 0.25) is 0 Å². The van der Waals surface area contributed by atoms with Crippen LogP contribution in [-0.2, 0) is 9.59 Å². The molecular formula is C22H31NO3. The van der Waals surface area contributed by atoms with E-state index in [1.165, 1.54) is 19.3 Å². The van der Waals surface area contributed by atoms with Crippen LogP contribution in [0.1, 0.15) is 72.1 Å². The summed E-state index contributed by atoms with van der Waals surface area (Å²) in [6.45, 7) is 6.57. The second-order valence-electron chi connectivity index (χ2n) is 9.80. The van der Waals surface area contributed by atoms with E-state index < -0.39 is 0 Å². The second kappa shape index (κ2) is 6.03. The van der Waals surface area contributed by atoms with Crippen LogP contribution in [0.15, 0.2) is 16.8 Å². The molecule has 26 heavy (non-hydrogen) atoms. The molecular weight excluding hydrogens is 326 g/mol. The van der Waals surface area contributed by atoms with Crippen LogP contribution in [-0.4, -0.2) is 22.5 Å². The fourth-order valence-corrected chi connectivity index (χ4v) is 7.23. The lowest BCUT2D eigenvalue weighted by Crippen LogP contribution is -2.52. The lowest BCUT2D eigenvalue weighted by molar-refractivity contribution is -0.131. The van der Waals surface area contributed by atoms with Crippen LogP contribution in [0.5, 0.6) is 0 Å². The van der Waals surface area contributed by atoms with Gasteiger partial charge in [0.25, 0.3) is 0 Å². The summed E-state index contributed by atoms with van der Waals surface area (Å²) in [5.74, 6) is 2.47. The van der Waals surface area contributed by atoms with Crippen molar-refractivity contribution in [3.63, 3.8) is 0 Å². The fraction of sp³-hybridized carbons (Fsp3) is 0.773. The smallest absolute Gasteiger partial charge is 0.159 e. The Hall–Kier alpha value is -1.45. The molecule has 142 valence electrons. The summed E-state index contributed by atoms with van der Waals surface area (Å²) in [6.07, 6.45) is 9.29. The summed E-state index contributed by atoms with van der Waals surface area (Å²) in [5.41, 5.74) is 1.80. The Labute approximate surface area is 156 Å². The van der Waals surface area contributed by atoms with Gasteiger partial charge >= 0.3 is 0 Å². The number of carbonyl (C=O) groups is 2. The minimum Gasteiger partial charge on any atom is -0.411 e. The van der Waals surface area contributed by atoms with Gasteiger partial charge in [0.1, 0.15) is 0 Å². The number of Topliss-reactive ketones (excluding diaryl/α,β-unsaturated/α-hetero) is 1. The molecule has 1 N–H and O–H groups in total. The maximum atomic E-state index is 13.0. The van der Waals surface area contributed by atoms with Crippen molar-refractivity contribution in [1.29, 1.82) is 0 Å². The van der Waals surface area contributed by atoms with Gasteiger partial charge in [-0.2, -0.15) is 0 Å². The van der Waals surface area contributed by atoms with Crippen LogP contribution < -0.4 is 0 Å². The van der Waals surface area contributed by atoms with Crippen molar-refractivity contribution in [2.45, 2.75) is 72.1 Å². The molecule has 0 heterocycles. The Morgan fingerprint density at radius 3 is 2.69 bits per heavy atom. The highest BCUT2D eigenvalue weighted by molar-refractivity contribution is 6.05. The largest absolute Gasteiger partial charge is 0.411 e. The minimum absolute atomic E-state index is 0.101. The molecule has 0 aromatic heterocycles. The van der Waals surface area contributed by atoms with Crippen molar-refractivity contribution in [1.82, 2.24) is 0 Å². The number of allylic oxidation sites excluding steroid dienone is 1. The lowest BCUT2D eigenvalue weighted by Gasteiger charge is -2.57. The number of carbonyl (C=O) groups excluding carboxylic acids is 2. The Bertz CT molecular complexity index is 708. The van der Waals surface area contributed by atoms with Gasteiger partial charge in [0.05, 0.1) is 5.71 Å². The van der Waals surface area contributed by atoms with Gasteiger partial charge in [-0.3, -0.25) is 9.59 Å². The Kier molecular flexibility index (Phi) is 4.16. The third-order valence-electron chi connectivity index (χ3n) is 8.70. The minimum atomic E-state index is -0.101. The fourth-order valence-electron chi connectivity index (χ4n) is 7.23. The molecule has 4 heteroatoms. The third kappa shape index (κ3) is 2.44. The summed E-state index contributed by atoms with van der Waals surface area (Å²) in [6, 6.07) is 0. The Morgan fingerprint density at radius 2 is 1.96 bits per heavy atom. The van der Waals surface area contributed by atoms with Crippen molar-refractivity contribution >= 4 is 17.3 Å². The first-order chi connectivity index (χ1) is 12.3. The SMILES string of the molecule is C/C(C[C@H]1CC[C@H]2[C@@H]3CC(=O)C4=CC(=O)CC[C@]4(C)[C@H]3CC[C@]12C)=N/O. The molecule has 0 aliphatic heterocycles. The molecule has 4 aliphatic rings. The molecule has 0 saturated heterocycles. The van der Waals surface area contributed by atoms with Gasteiger partial charge in [-0.25, -0.2) is 0 Å². The van der Waals surface area contributed by atoms with Crippen LogP contribution in [0.3, 0.4) is 0 Å². The van der Waals surface area contributed by atoms with E-state index in [1.54, 1.807) is 6.08 Å². The molecule has 3 saturated carbocycles. The number of hydrogen-bond acceptors (Lipinski definition) is 4. The highest BCUT2D eigenvalue weighted by Crippen LogP contribution is 2.66. The van der Waals surface area contributed by atoms with E-state index in [4.69, 9.17) is 5.21 Å². The van der Waals surface area contributed by atoms with Crippen molar-refractivity contribution in [3.05, 3.63) is 11.6 Å². The van der Waals surface area contributed by atoms with E-state index in [0.29, 0.717) is 36.5 Å². The van der Waals surface area contributed by atoms with Gasteiger partial charge < -0.3 is 5.21 Å². The Morgan fingerprint density at radius 1 is 1.19 bits per heavy atom. The summed E-state index contributed by atoms with van der Waals surface area (Å²) < 4.78 is 0. The first-order valence-corrected chi connectivity index (χ1v) is 10.3. The predicted octanol–water partition coefficient (Wildman–Crippen LogP) is 4.55. The molecule has 0 spiro atoms. The zero-order valence-electron chi connectivity index (χ0n) is 16.3. The summed E-state index contributed by atoms with van der Waals surface area (Å²) in [7, 11) is 0. The van der Waals surface area contributed by atoms with E-state index in [0.717, 1.165) is 30.5 Å². The Balaban J connectivity index is 1.65. The molecule has 4 rings (SSSR count). The number of oxime groups is 1. The maximum absolute atomic E-state index is 13.0. The van der Waals surface area contributed by atoms with Crippen LogP contribution in [0, 0.1) is 34.5 Å². The predicted molar refractivity (Wildman–Crippen MR) is 100 cm³/mol. The van der Waals surface area contributed by atoms with E-state index >= 15 is 0 Å². The van der Waals surface area contributed by atoms with Crippen LogP contribution >= 0.6 is 0 Å². The van der Waals surface area contributed by atoms with Gasteiger partial charge in [-0.15, -0.1) is 0 Å². The number of fused-ring (bicyclic) bond motifs is 5. The van der Waals surface area contributed by atoms with Gasteiger partial charge in [0, 0.05) is 18.4 Å². The number of rotatable bonds is 2. The zero-order valence-corrected chi connectivity index (χ0v) is 16.3.